The minimum atomic E-state index is -4.30. The van der Waals surface area contributed by atoms with Crippen molar-refractivity contribution in [2.24, 2.45) is 5.41 Å². The Morgan fingerprint density at radius 1 is 0.882 bits per heavy atom. The second kappa shape index (κ2) is 7.17. The van der Waals surface area contributed by atoms with Gasteiger partial charge in [-0.15, -0.1) is 0 Å². The van der Waals surface area contributed by atoms with Gasteiger partial charge in [-0.2, -0.15) is 23.7 Å². The standard InChI is InChI=1S/C12H17F3N2/c1-2-3-4-5-6-11(9-16,10-17)7-8-12(13,14)15/h2-8H2,1H3. The van der Waals surface area contributed by atoms with E-state index in [1.165, 1.54) is 0 Å². The van der Waals surface area contributed by atoms with Gasteiger partial charge in [0.1, 0.15) is 5.41 Å². The summed E-state index contributed by atoms with van der Waals surface area (Å²) < 4.78 is 36.2. The summed E-state index contributed by atoms with van der Waals surface area (Å²) in [6.45, 7) is 2.02. The molecule has 0 aliphatic rings. The Labute approximate surface area is 100 Å². The van der Waals surface area contributed by atoms with Crippen LogP contribution in [0.2, 0.25) is 0 Å². The molecule has 0 fully saturated rings. The molecule has 0 N–H and O–H groups in total. The Balaban J connectivity index is 4.29. The number of halogens is 3. The van der Waals surface area contributed by atoms with E-state index in [9.17, 15) is 13.2 Å². The van der Waals surface area contributed by atoms with Crippen LogP contribution in [0.15, 0.2) is 0 Å². The molecule has 0 spiro atoms. The van der Waals surface area contributed by atoms with Crippen LogP contribution < -0.4 is 0 Å². The number of alkyl halides is 3. The van der Waals surface area contributed by atoms with Crippen LogP contribution in [0.1, 0.15) is 51.9 Å². The summed E-state index contributed by atoms with van der Waals surface area (Å²) in [5.41, 5.74) is -1.47. The zero-order valence-electron chi connectivity index (χ0n) is 9.98. The van der Waals surface area contributed by atoms with Crippen LogP contribution in [0.3, 0.4) is 0 Å². The lowest BCUT2D eigenvalue weighted by atomic mass is 9.81. The van der Waals surface area contributed by atoms with Crippen molar-refractivity contribution in [1.82, 2.24) is 0 Å². The molecule has 0 atom stereocenters. The monoisotopic (exact) mass is 246 g/mol. The van der Waals surface area contributed by atoms with Gasteiger partial charge in [0.15, 0.2) is 0 Å². The second-order valence-corrected chi connectivity index (χ2v) is 4.23. The molecule has 0 amide bonds. The Morgan fingerprint density at radius 3 is 1.88 bits per heavy atom. The minimum absolute atomic E-state index is 0.232. The van der Waals surface area contributed by atoms with Crippen LogP contribution in [-0.4, -0.2) is 6.18 Å². The van der Waals surface area contributed by atoms with E-state index in [0.717, 1.165) is 19.3 Å². The second-order valence-electron chi connectivity index (χ2n) is 4.23. The van der Waals surface area contributed by atoms with Crippen molar-refractivity contribution >= 4 is 0 Å². The van der Waals surface area contributed by atoms with Crippen LogP contribution in [-0.2, 0) is 0 Å². The number of hydrogen-bond acceptors (Lipinski definition) is 2. The smallest absolute Gasteiger partial charge is 0.197 e. The number of nitrogens with zero attached hydrogens (tertiary/aromatic N) is 2. The Bertz CT molecular complexity index is 282. The first-order valence-corrected chi connectivity index (χ1v) is 5.78. The van der Waals surface area contributed by atoms with E-state index in [0.29, 0.717) is 6.42 Å². The predicted octanol–water partition coefficient (Wildman–Crippen LogP) is 4.33. The Morgan fingerprint density at radius 2 is 1.47 bits per heavy atom. The summed E-state index contributed by atoms with van der Waals surface area (Å²) in [5.74, 6) is 0. The van der Waals surface area contributed by atoms with E-state index in [-0.39, 0.29) is 6.42 Å². The van der Waals surface area contributed by atoms with E-state index in [4.69, 9.17) is 10.5 Å². The molecular formula is C12H17F3N2. The SMILES string of the molecule is CCCCCCC(C#N)(C#N)CCC(F)(F)F. The number of nitriles is 2. The summed E-state index contributed by atoms with van der Waals surface area (Å²) >= 11 is 0. The lowest BCUT2D eigenvalue weighted by Crippen LogP contribution is -2.20. The summed E-state index contributed by atoms with van der Waals surface area (Å²) in [4.78, 5) is 0. The van der Waals surface area contributed by atoms with Crippen LogP contribution >= 0.6 is 0 Å². The maximum Gasteiger partial charge on any atom is 0.389 e. The molecule has 0 aromatic rings. The van der Waals surface area contributed by atoms with Crippen molar-refractivity contribution in [1.29, 1.82) is 10.5 Å². The van der Waals surface area contributed by atoms with E-state index in [1.54, 1.807) is 12.1 Å². The van der Waals surface area contributed by atoms with Crippen molar-refractivity contribution in [2.75, 3.05) is 0 Å². The highest BCUT2D eigenvalue weighted by atomic mass is 19.4. The molecule has 0 aromatic carbocycles. The normalized spacial score (nSPS) is 11.9. The summed E-state index contributed by atoms with van der Waals surface area (Å²) in [5, 5.41) is 17.8. The lowest BCUT2D eigenvalue weighted by molar-refractivity contribution is -0.138. The van der Waals surface area contributed by atoms with Gasteiger partial charge in [-0.3, -0.25) is 0 Å². The molecule has 0 heterocycles. The maximum absolute atomic E-state index is 12.1. The molecule has 5 heteroatoms. The highest BCUT2D eigenvalue weighted by Crippen LogP contribution is 2.34. The van der Waals surface area contributed by atoms with Gasteiger partial charge in [-0.25, -0.2) is 0 Å². The van der Waals surface area contributed by atoms with Crippen LogP contribution in [0.5, 0.6) is 0 Å². The zero-order valence-corrected chi connectivity index (χ0v) is 9.98. The molecule has 2 nitrogen and oxygen atoms in total. The number of unbranched alkanes of at least 4 members (excludes halogenated alkanes) is 3. The Kier molecular flexibility index (Phi) is 6.65. The fraction of sp³-hybridized carbons (Fsp3) is 0.833. The predicted molar refractivity (Wildman–Crippen MR) is 57.7 cm³/mol. The van der Waals surface area contributed by atoms with Crippen molar-refractivity contribution in [3.05, 3.63) is 0 Å². The van der Waals surface area contributed by atoms with Crippen molar-refractivity contribution in [3.63, 3.8) is 0 Å². The summed E-state index contributed by atoms with van der Waals surface area (Å²) in [6, 6.07) is 3.51. The highest BCUT2D eigenvalue weighted by Gasteiger charge is 2.36. The largest absolute Gasteiger partial charge is 0.389 e. The van der Waals surface area contributed by atoms with Gasteiger partial charge in [-0.1, -0.05) is 32.6 Å². The van der Waals surface area contributed by atoms with Gasteiger partial charge in [0, 0.05) is 6.42 Å². The first-order chi connectivity index (χ1) is 7.89. The van der Waals surface area contributed by atoms with Crippen molar-refractivity contribution in [3.8, 4) is 12.1 Å². The maximum atomic E-state index is 12.1. The molecule has 0 saturated heterocycles. The van der Waals surface area contributed by atoms with Gasteiger partial charge in [0.2, 0.25) is 0 Å². The van der Waals surface area contributed by atoms with Gasteiger partial charge in [0.25, 0.3) is 0 Å². The molecule has 0 bridgehead atoms. The Hall–Kier alpha value is -1.23. The molecule has 0 aromatic heterocycles. The molecule has 0 rings (SSSR count). The molecule has 17 heavy (non-hydrogen) atoms. The highest BCUT2D eigenvalue weighted by molar-refractivity contribution is 5.13. The molecular weight excluding hydrogens is 229 g/mol. The average molecular weight is 246 g/mol. The number of rotatable bonds is 7. The van der Waals surface area contributed by atoms with Gasteiger partial charge in [0.05, 0.1) is 12.1 Å². The van der Waals surface area contributed by atoms with Crippen LogP contribution in [0.25, 0.3) is 0 Å². The lowest BCUT2D eigenvalue weighted by Gasteiger charge is -2.19. The first kappa shape index (κ1) is 15.8. The molecule has 0 unspecified atom stereocenters. The molecule has 0 saturated carbocycles. The molecule has 0 aliphatic carbocycles. The summed E-state index contributed by atoms with van der Waals surface area (Å²) in [6.07, 6.45) is -2.09. The van der Waals surface area contributed by atoms with Crippen molar-refractivity contribution < 1.29 is 13.2 Å². The quantitative estimate of drug-likeness (QED) is 0.627. The fourth-order valence-electron chi connectivity index (χ4n) is 1.58. The van der Waals surface area contributed by atoms with E-state index < -0.39 is 24.4 Å². The van der Waals surface area contributed by atoms with Crippen LogP contribution in [0, 0.1) is 28.1 Å². The summed E-state index contributed by atoms with van der Waals surface area (Å²) in [7, 11) is 0. The van der Waals surface area contributed by atoms with E-state index >= 15 is 0 Å². The van der Waals surface area contributed by atoms with Gasteiger partial charge < -0.3 is 0 Å². The average Bonchev–Trinajstić information content (AvgIpc) is 2.28. The van der Waals surface area contributed by atoms with Gasteiger partial charge >= 0.3 is 6.18 Å². The topological polar surface area (TPSA) is 47.6 Å². The minimum Gasteiger partial charge on any atom is -0.197 e. The fourth-order valence-corrected chi connectivity index (χ4v) is 1.58. The molecule has 0 aliphatic heterocycles. The number of hydrogen-bond donors (Lipinski definition) is 0. The molecule has 0 radical (unpaired) electrons. The third kappa shape index (κ3) is 6.84. The van der Waals surface area contributed by atoms with E-state index in [1.807, 2.05) is 6.92 Å². The zero-order chi connectivity index (χ0) is 13.4. The van der Waals surface area contributed by atoms with Crippen LogP contribution in [0.4, 0.5) is 13.2 Å². The van der Waals surface area contributed by atoms with Crippen molar-refractivity contribution in [2.45, 2.75) is 58.0 Å². The molecule has 96 valence electrons. The third-order valence-electron chi connectivity index (χ3n) is 2.72. The third-order valence-corrected chi connectivity index (χ3v) is 2.72. The first-order valence-electron chi connectivity index (χ1n) is 5.78. The van der Waals surface area contributed by atoms with Gasteiger partial charge in [-0.05, 0) is 12.8 Å². The van der Waals surface area contributed by atoms with E-state index in [2.05, 4.69) is 0 Å².